The molecule has 1 fully saturated rings. The summed E-state index contributed by atoms with van der Waals surface area (Å²) in [7, 11) is 0. The van der Waals surface area contributed by atoms with E-state index in [4.69, 9.17) is 0 Å². The third-order valence-electron chi connectivity index (χ3n) is 4.32. The molecule has 0 aromatic heterocycles. The highest BCUT2D eigenvalue weighted by atomic mass is 15.3. The third-order valence-corrected chi connectivity index (χ3v) is 4.32. The van der Waals surface area contributed by atoms with Gasteiger partial charge in [-0.05, 0) is 49.2 Å². The predicted octanol–water partition coefficient (Wildman–Crippen LogP) is 4.51. The van der Waals surface area contributed by atoms with Crippen LogP contribution < -0.4 is 5.43 Å². The summed E-state index contributed by atoms with van der Waals surface area (Å²) in [6.07, 6.45) is 7.33. The molecule has 0 bridgehead atoms. The number of rotatable bonds is 5. The van der Waals surface area contributed by atoms with E-state index in [0.717, 1.165) is 12.2 Å². The van der Waals surface area contributed by atoms with Gasteiger partial charge in [0.15, 0.2) is 0 Å². The van der Waals surface area contributed by atoms with Crippen molar-refractivity contribution >= 4 is 11.9 Å². The maximum Gasteiger partial charge on any atom is 0.0561 e. The van der Waals surface area contributed by atoms with E-state index in [1.807, 2.05) is 36.5 Å². The minimum Gasteiger partial charge on any atom is -0.299 e. The Hall–Kier alpha value is -2.13. The quantitative estimate of drug-likeness (QED) is 0.650. The molecule has 0 unspecified atom stereocenters. The lowest BCUT2D eigenvalue weighted by Crippen LogP contribution is -2.24. The molecule has 1 aliphatic rings. The first-order valence-corrected chi connectivity index (χ1v) is 8.56. The van der Waals surface area contributed by atoms with Gasteiger partial charge < -0.3 is 0 Å². The second-order valence-corrected chi connectivity index (χ2v) is 6.13. The SMILES string of the molecule is C(=NNc1ccccc1)c1ccccc1CN1CCCCCC1. The van der Waals surface area contributed by atoms with Crippen molar-refractivity contribution in [2.24, 2.45) is 5.10 Å². The van der Waals surface area contributed by atoms with Gasteiger partial charge >= 0.3 is 0 Å². The average Bonchev–Trinajstić information content (AvgIpc) is 2.86. The molecule has 0 amide bonds. The van der Waals surface area contributed by atoms with Crippen molar-refractivity contribution < 1.29 is 0 Å². The van der Waals surface area contributed by atoms with Gasteiger partial charge in [-0.15, -0.1) is 0 Å². The van der Waals surface area contributed by atoms with Gasteiger partial charge in [0, 0.05) is 6.54 Å². The normalized spacial score (nSPS) is 16.3. The molecular formula is C20H25N3. The molecule has 0 spiro atoms. The monoisotopic (exact) mass is 307 g/mol. The molecular weight excluding hydrogens is 282 g/mol. The van der Waals surface area contributed by atoms with E-state index in [0.29, 0.717) is 0 Å². The van der Waals surface area contributed by atoms with Crippen LogP contribution in [0.4, 0.5) is 5.69 Å². The second-order valence-electron chi connectivity index (χ2n) is 6.13. The number of hydrazone groups is 1. The van der Waals surface area contributed by atoms with Crippen molar-refractivity contribution in [3.63, 3.8) is 0 Å². The lowest BCUT2D eigenvalue weighted by Gasteiger charge is -2.20. The summed E-state index contributed by atoms with van der Waals surface area (Å²) in [5.74, 6) is 0. The van der Waals surface area contributed by atoms with Crippen LogP contribution in [0.3, 0.4) is 0 Å². The van der Waals surface area contributed by atoms with Gasteiger partial charge in [-0.25, -0.2) is 0 Å². The van der Waals surface area contributed by atoms with Crippen LogP contribution in [0.1, 0.15) is 36.8 Å². The molecule has 0 saturated carbocycles. The summed E-state index contributed by atoms with van der Waals surface area (Å²) < 4.78 is 0. The largest absolute Gasteiger partial charge is 0.299 e. The number of nitrogens with one attached hydrogen (secondary N) is 1. The van der Waals surface area contributed by atoms with Crippen molar-refractivity contribution in [2.45, 2.75) is 32.2 Å². The fourth-order valence-electron chi connectivity index (χ4n) is 3.03. The standard InChI is InChI=1S/C20H25N3/c1-2-9-15-23(14-8-1)17-19-11-7-6-10-18(19)16-21-22-20-12-4-3-5-13-20/h3-7,10-13,16,22H,1-2,8-9,14-15,17H2. The molecule has 2 aromatic carbocycles. The summed E-state index contributed by atoms with van der Waals surface area (Å²) in [5.41, 5.74) is 6.65. The van der Waals surface area contributed by atoms with Crippen molar-refractivity contribution in [3.8, 4) is 0 Å². The number of benzene rings is 2. The summed E-state index contributed by atoms with van der Waals surface area (Å²) in [6, 6.07) is 18.6. The highest BCUT2D eigenvalue weighted by molar-refractivity contribution is 5.82. The van der Waals surface area contributed by atoms with E-state index in [-0.39, 0.29) is 0 Å². The minimum absolute atomic E-state index is 1.01. The van der Waals surface area contributed by atoms with E-state index in [1.54, 1.807) is 0 Å². The molecule has 2 aromatic rings. The maximum absolute atomic E-state index is 4.39. The molecule has 1 heterocycles. The Morgan fingerprint density at radius 2 is 1.57 bits per heavy atom. The fraction of sp³-hybridized carbons (Fsp3) is 0.350. The summed E-state index contributed by atoms with van der Waals surface area (Å²) in [4.78, 5) is 2.57. The molecule has 120 valence electrons. The van der Waals surface area contributed by atoms with Crippen LogP contribution in [0, 0.1) is 0 Å². The van der Waals surface area contributed by atoms with E-state index >= 15 is 0 Å². The molecule has 0 radical (unpaired) electrons. The Morgan fingerprint density at radius 1 is 0.870 bits per heavy atom. The third kappa shape index (κ3) is 4.93. The van der Waals surface area contributed by atoms with Gasteiger partial charge in [0.2, 0.25) is 0 Å². The van der Waals surface area contributed by atoms with Crippen molar-refractivity contribution in [2.75, 3.05) is 18.5 Å². The number of hydrogen-bond donors (Lipinski definition) is 1. The molecule has 1 N–H and O–H groups in total. The molecule has 3 heteroatoms. The summed E-state index contributed by atoms with van der Waals surface area (Å²) in [5, 5.41) is 4.39. The number of para-hydroxylation sites is 1. The first-order valence-electron chi connectivity index (χ1n) is 8.56. The number of likely N-dealkylation sites (tertiary alicyclic amines) is 1. The highest BCUT2D eigenvalue weighted by Crippen LogP contribution is 2.15. The van der Waals surface area contributed by atoms with E-state index in [1.165, 1.54) is 49.9 Å². The van der Waals surface area contributed by atoms with Crippen LogP contribution in [0.25, 0.3) is 0 Å². The summed E-state index contributed by atoms with van der Waals surface area (Å²) in [6.45, 7) is 3.45. The van der Waals surface area contributed by atoms with Gasteiger partial charge in [-0.1, -0.05) is 55.3 Å². The molecule has 0 atom stereocenters. The molecule has 3 nitrogen and oxygen atoms in total. The highest BCUT2D eigenvalue weighted by Gasteiger charge is 2.10. The van der Waals surface area contributed by atoms with E-state index in [2.05, 4.69) is 39.7 Å². The van der Waals surface area contributed by atoms with Crippen LogP contribution in [0.15, 0.2) is 59.7 Å². The number of anilines is 1. The lowest BCUT2D eigenvalue weighted by molar-refractivity contribution is 0.277. The maximum atomic E-state index is 4.39. The molecule has 23 heavy (non-hydrogen) atoms. The molecule has 1 saturated heterocycles. The lowest BCUT2D eigenvalue weighted by atomic mass is 10.1. The molecule has 3 rings (SSSR count). The van der Waals surface area contributed by atoms with E-state index in [9.17, 15) is 0 Å². The van der Waals surface area contributed by atoms with Crippen LogP contribution in [0.5, 0.6) is 0 Å². The summed E-state index contributed by atoms with van der Waals surface area (Å²) >= 11 is 0. The van der Waals surface area contributed by atoms with Gasteiger partial charge in [-0.3, -0.25) is 10.3 Å². The Balaban J connectivity index is 1.65. The number of nitrogens with zero attached hydrogens (tertiary/aromatic N) is 2. The Bertz CT molecular complexity index is 614. The van der Waals surface area contributed by atoms with Crippen molar-refractivity contribution in [3.05, 3.63) is 65.7 Å². The van der Waals surface area contributed by atoms with Gasteiger partial charge in [0.1, 0.15) is 0 Å². The van der Waals surface area contributed by atoms with Crippen LogP contribution in [-0.4, -0.2) is 24.2 Å². The topological polar surface area (TPSA) is 27.6 Å². The Labute approximate surface area is 139 Å². The van der Waals surface area contributed by atoms with Crippen molar-refractivity contribution in [1.29, 1.82) is 0 Å². The number of hydrogen-bond acceptors (Lipinski definition) is 3. The second kappa shape index (κ2) is 8.49. The van der Waals surface area contributed by atoms with Crippen LogP contribution in [0.2, 0.25) is 0 Å². The van der Waals surface area contributed by atoms with Crippen LogP contribution >= 0.6 is 0 Å². The average molecular weight is 307 g/mol. The Kier molecular flexibility index (Phi) is 5.81. The predicted molar refractivity (Wildman–Crippen MR) is 97.8 cm³/mol. The van der Waals surface area contributed by atoms with Gasteiger partial charge in [-0.2, -0.15) is 5.10 Å². The molecule has 1 aliphatic heterocycles. The first-order chi connectivity index (χ1) is 11.4. The smallest absolute Gasteiger partial charge is 0.0561 e. The van der Waals surface area contributed by atoms with Gasteiger partial charge in [0.25, 0.3) is 0 Å². The fourth-order valence-corrected chi connectivity index (χ4v) is 3.03. The van der Waals surface area contributed by atoms with E-state index < -0.39 is 0 Å². The van der Waals surface area contributed by atoms with Crippen molar-refractivity contribution in [1.82, 2.24) is 4.90 Å². The first kappa shape index (κ1) is 15.8. The zero-order valence-corrected chi connectivity index (χ0v) is 13.6. The Morgan fingerprint density at radius 3 is 2.35 bits per heavy atom. The van der Waals surface area contributed by atoms with Gasteiger partial charge in [0.05, 0.1) is 11.9 Å². The van der Waals surface area contributed by atoms with Crippen LogP contribution in [-0.2, 0) is 6.54 Å². The zero-order valence-electron chi connectivity index (χ0n) is 13.6. The minimum atomic E-state index is 1.01. The molecule has 0 aliphatic carbocycles. The zero-order chi connectivity index (χ0) is 15.7.